The van der Waals surface area contributed by atoms with Crippen molar-refractivity contribution in [3.05, 3.63) is 24.3 Å². The van der Waals surface area contributed by atoms with Crippen molar-refractivity contribution in [2.45, 2.75) is 24.9 Å². The van der Waals surface area contributed by atoms with Gasteiger partial charge in [-0.15, -0.1) is 0 Å². The van der Waals surface area contributed by atoms with Crippen LogP contribution in [0.4, 0.5) is 0 Å². The fraction of sp³-hybridized carbons (Fsp3) is 0.556. The van der Waals surface area contributed by atoms with E-state index in [-0.39, 0.29) is 5.60 Å². The highest BCUT2D eigenvalue weighted by Gasteiger charge is 2.31. The number of hydrogen-bond donors (Lipinski definition) is 0. The van der Waals surface area contributed by atoms with Crippen LogP contribution >= 0.6 is 0 Å². The molecule has 0 radical (unpaired) electrons. The molecule has 0 amide bonds. The molecule has 0 aromatic rings. The molecular formula is C9H12O. The summed E-state index contributed by atoms with van der Waals surface area (Å²) in [5.41, 5.74) is 0.106. The first-order valence-corrected chi connectivity index (χ1v) is 3.90. The van der Waals surface area contributed by atoms with Crippen LogP contribution in [-0.4, -0.2) is 12.2 Å². The van der Waals surface area contributed by atoms with Gasteiger partial charge in [-0.25, -0.2) is 0 Å². The van der Waals surface area contributed by atoms with Crippen molar-refractivity contribution in [3.63, 3.8) is 0 Å². The Labute approximate surface area is 61.4 Å². The lowest BCUT2D eigenvalue weighted by Crippen LogP contribution is -2.24. The second kappa shape index (κ2) is 2.24. The highest BCUT2D eigenvalue weighted by atomic mass is 16.5. The molecule has 0 unspecified atom stereocenters. The van der Waals surface area contributed by atoms with Crippen molar-refractivity contribution in [1.29, 1.82) is 0 Å². The van der Waals surface area contributed by atoms with Crippen molar-refractivity contribution in [3.8, 4) is 0 Å². The average molecular weight is 136 g/mol. The van der Waals surface area contributed by atoms with Gasteiger partial charge in [0.1, 0.15) is 0 Å². The van der Waals surface area contributed by atoms with Crippen molar-refractivity contribution in [2.75, 3.05) is 6.61 Å². The highest BCUT2D eigenvalue weighted by Crippen LogP contribution is 2.32. The molecule has 1 aliphatic heterocycles. The van der Waals surface area contributed by atoms with E-state index in [0.717, 1.165) is 13.0 Å². The summed E-state index contributed by atoms with van der Waals surface area (Å²) in [5.74, 6) is 0. The third-order valence-electron chi connectivity index (χ3n) is 2.24. The molecule has 0 bridgehead atoms. The van der Waals surface area contributed by atoms with Gasteiger partial charge < -0.3 is 4.74 Å². The number of allylic oxidation sites excluding steroid dienone is 2. The van der Waals surface area contributed by atoms with Crippen LogP contribution in [0.15, 0.2) is 24.3 Å². The standard InChI is InChI=1S/C9H12O/c1-2-5-9(6-3-1)7-4-8-10-9/h1-3,5H,4,6-8H2/t9-/m1/s1. The summed E-state index contributed by atoms with van der Waals surface area (Å²) >= 11 is 0. The second-order valence-corrected chi connectivity index (χ2v) is 3.01. The Hall–Kier alpha value is -0.560. The first kappa shape index (κ1) is 6.17. The lowest BCUT2D eigenvalue weighted by atomic mass is 9.92. The Morgan fingerprint density at radius 3 is 2.90 bits per heavy atom. The first-order valence-electron chi connectivity index (χ1n) is 3.90. The number of ether oxygens (including phenoxy) is 1. The molecule has 2 rings (SSSR count). The van der Waals surface area contributed by atoms with Crippen molar-refractivity contribution >= 4 is 0 Å². The fourth-order valence-electron chi connectivity index (χ4n) is 1.66. The molecule has 1 atom stereocenters. The SMILES string of the molecule is C1=CC[C@]2(C=C1)CCCO2. The summed E-state index contributed by atoms with van der Waals surface area (Å²) in [6.07, 6.45) is 12.1. The number of hydrogen-bond acceptors (Lipinski definition) is 1. The summed E-state index contributed by atoms with van der Waals surface area (Å²) in [5, 5.41) is 0. The van der Waals surface area contributed by atoms with Crippen LogP contribution in [0.3, 0.4) is 0 Å². The molecule has 0 aromatic carbocycles. The van der Waals surface area contributed by atoms with Gasteiger partial charge in [-0.2, -0.15) is 0 Å². The van der Waals surface area contributed by atoms with E-state index in [1.807, 2.05) is 0 Å². The van der Waals surface area contributed by atoms with Crippen LogP contribution in [0.5, 0.6) is 0 Å². The third-order valence-corrected chi connectivity index (χ3v) is 2.24. The molecule has 54 valence electrons. The van der Waals surface area contributed by atoms with E-state index in [4.69, 9.17) is 4.74 Å². The average Bonchev–Trinajstić information content (AvgIpc) is 2.39. The van der Waals surface area contributed by atoms with Crippen LogP contribution in [-0.2, 0) is 4.74 Å². The minimum absolute atomic E-state index is 0.106. The molecule has 1 heteroatoms. The maximum Gasteiger partial charge on any atom is 0.0900 e. The zero-order valence-corrected chi connectivity index (χ0v) is 6.05. The van der Waals surface area contributed by atoms with Crippen LogP contribution < -0.4 is 0 Å². The predicted octanol–water partition coefficient (Wildman–Crippen LogP) is 2.05. The van der Waals surface area contributed by atoms with E-state index in [9.17, 15) is 0 Å². The van der Waals surface area contributed by atoms with Crippen LogP contribution in [0.25, 0.3) is 0 Å². The van der Waals surface area contributed by atoms with Gasteiger partial charge in [0.25, 0.3) is 0 Å². The molecule has 2 aliphatic rings. The summed E-state index contributed by atoms with van der Waals surface area (Å²) in [7, 11) is 0. The molecule has 0 N–H and O–H groups in total. The van der Waals surface area contributed by atoms with E-state index >= 15 is 0 Å². The van der Waals surface area contributed by atoms with Crippen LogP contribution in [0.1, 0.15) is 19.3 Å². The molecular weight excluding hydrogens is 124 g/mol. The van der Waals surface area contributed by atoms with Crippen molar-refractivity contribution < 1.29 is 4.74 Å². The number of rotatable bonds is 0. The largest absolute Gasteiger partial charge is 0.371 e. The molecule has 1 spiro atoms. The van der Waals surface area contributed by atoms with E-state index in [2.05, 4.69) is 24.3 Å². The summed E-state index contributed by atoms with van der Waals surface area (Å²) < 4.78 is 5.64. The van der Waals surface area contributed by atoms with Crippen LogP contribution in [0.2, 0.25) is 0 Å². The Morgan fingerprint density at radius 1 is 1.30 bits per heavy atom. The maximum absolute atomic E-state index is 5.64. The monoisotopic (exact) mass is 136 g/mol. The third kappa shape index (κ3) is 0.907. The Balaban J connectivity index is 2.15. The van der Waals surface area contributed by atoms with Gasteiger partial charge in [0, 0.05) is 6.61 Å². The minimum Gasteiger partial charge on any atom is -0.371 e. The zero-order chi connectivity index (χ0) is 6.86. The summed E-state index contributed by atoms with van der Waals surface area (Å²) in [6, 6.07) is 0. The van der Waals surface area contributed by atoms with Gasteiger partial charge in [0.2, 0.25) is 0 Å². The molecule has 1 nitrogen and oxygen atoms in total. The van der Waals surface area contributed by atoms with Gasteiger partial charge in [-0.1, -0.05) is 24.3 Å². The quantitative estimate of drug-likeness (QED) is 0.495. The van der Waals surface area contributed by atoms with E-state index in [0.29, 0.717) is 0 Å². The molecule has 0 saturated carbocycles. The van der Waals surface area contributed by atoms with E-state index in [1.54, 1.807) is 0 Å². The Morgan fingerprint density at radius 2 is 2.30 bits per heavy atom. The van der Waals surface area contributed by atoms with Crippen molar-refractivity contribution in [1.82, 2.24) is 0 Å². The van der Waals surface area contributed by atoms with Gasteiger partial charge in [-0.3, -0.25) is 0 Å². The molecule has 1 heterocycles. The Kier molecular flexibility index (Phi) is 1.38. The lowest BCUT2D eigenvalue weighted by molar-refractivity contribution is 0.0471. The molecule has 1 saturated heterocycles. The summed E-state index contributed by atoms with van der Waals surface area (Å²) in [6.45, 7) is 0.943. The van der Waals surface area contributed by atoms with Gasteiger partial charge in [0.15, 0.2) is 0 Å². The van der Waals surface area contributed by atoms with Gasteiger partial charge in [0.05, 0.1) is 5.60 Å². The molecule has 10 heavy (non-hydrogen) atoms. The van der Waals surface area contributed by atoms with E-state index in [1.165, 1.54) is 12.8 Å². The molecule has 1 aliphatic carbocycles. The van der Waals surface area contributed by atoms with Gasteiger partial charge in [-0.05, 0) is 19.3 Å². The lowest BCUT2D eigenvalue weighted by Gasteiger charge is -2.24. The summed E-state index contributed by atoms with van der Waals surface area (Å²) in [4.78, 5) is 0. The molecule has 1 fully saturated rings. The fourth-order valence-corrected chi connectivity index (χ4v) is 1.66. The first-order chi connectivity index (χ1) is 4.91. The van der Waals surface area contributed by atoms with Gasteiger partial charge >= 0.3 is 0 Å². The topological polar surface area (TPSA) is 9.23 Å². The van der Waals surface area contributed by atoms with Crippen molar-refractivity contribution in [2.24, 2.45) is 0 Å². The minimum atomic E-state index is 0.106. The second-order valence-electron chi connectivity index (χ2n) is 3.01. The highest BCUT2D eigenvalue weighted by molar-refractivity contribution is 5.19. The van der Waals surface area contributed by atoms with Crippen LogP contribution in [0, 0.1) is 0 Å². The normalized spacial score (nSPS) is 37.6. The molecule has 0 aromatic heterocycles. The Bertz CT molecular complexity index is 173. The smallest absolute Gasteiger partial charge is 0.0900 e. The maximum atomic E-state index is 5.64. The predicted molar refractivity (Wildman–Crippen MR) is 40.8 cm³/mol. The van der Waals surface area contributed by atoms with E-state index < -0.39 is 0 Å². The zero-order valence-electron chi connectivity index (χ0n) is 6.05.